The van der Waals surface area contributed by atoms with Crippen LogP contribution in [0.25, 0.3) is 11.3 Å². The van der Waals surface area contributed by atoms with E-state index in [-0.39, 0.29) is 6.03 Å². The van der Waals surface area contributed by atoms with Crippen LogP contribution in [-0.4, -0.2) is 29.2 Å². The first-order valence-corrected chi connectivity index (χ1v) is 9.55. The van der Waals surface area contributed by atoms with E-state index in [2.05, 4.69) is 26.3 Å². The monoisotopic (exact) mass is 376 g/mol. The van der Waals surface area contributed by atoms with E-state index in [0.29, 0.717) is 6.54 Å². The average Bonchev–Trinajstić information content (AvgIpc) is 3.32. The smallest absolute Gasteiger partial charge is 0.319 e. The van der Waals surface area contributed by atoms with E-state index in [1.165, 1.54) is 0 Å². The van der Waals surface area contributed by atoms with Gasteiger partial charge in [-0.15, -0.1) is 0 Å². The number of hydrogen-bond donors (Lipinski definition) is 2. The molecule has 1 aliphatic rings. The first kappa shape index (κ1) is 18.1. The van der Waals surface area contributed by atoms with Gasteiger partial charge in [-0.2, -0.15) is 0 Å². The van der Waals surface area contributed by atoms with E-state index >= 15 is 0 Å². The first-order valence-electron chi connectivity index (χ1n) is 9.55. The average molecular weight is 376 g/mol. The number of nitrogens with one attached hydrogen (secondary N) is 2. The van der Waals surface area contributed by atoms with E-state index in [4.69, 9.17) is 4.74 Å². The molecule has 3 aromatic rings. The number of anilines is 1. The van der Waals surface area contributed by atoms with Gasteiger partial charge in [-0.3, -0.25) is 0 Å². The summed E-state index contributed by atoms with van der Waals surface area (Å²) < 4.78 is 7.41. The van der Waals surface area contributed by atoms with Gasteiger partial charge in [-0.1, -0.05) is 24.3 Å². The van der Waals surface area contributed by atoms with Crippen molar-refractivity contribution >= 4 is 11.7 Å². The predicted molar refractivity (Wildman–Crippen MR) is 110 cm³/mol. The number of carbonyl (C=O) groups excluding carboxylic acids is 1. The van der Waals surface area contributed by atoms with Crippen LogP contribution in [0.3, 0.4) is 0 Å². The number of urea groups is 1. The third-order valence-electron chi connectivity index (χ3n) is 4.99. The minimum atomic E-state index is -0.204. The molecule has 0 saturated heterocycles. The van der Waals surface area contributed by atoms with Crippen molar-refractivity contribution in [1.29, 1.82) is 0 Å². The summed E-state index contributed by atoms with van der Waals surface area (Å²) in [5.74, 6) is 1.97. The number of hydrogen-bond acceptors (Lipinski definition) is 3. The molecule has 0 radical (unpaired) electrons. The fourth-order valence-electron chi connectivity index (χ4n) is 3.53. The second kappa shape index (κ2) is 8.17. The van der Waals surface area contributed by atoms with Crippen LogP contribution < -0.4 is 15.4 Å². The van der Waals surface area contributed by atoms with E-state index in [9.17, 15) is 4.79 Å². The lowest BCUT2D eigenvalue weighted by atomic mass is 10.1. The van der Waals surface area contributed by atoms with Crippen molar-refractivity contribution in [2.75, 3.05) is 19.0 Å². The van der Waals surface area contributed by atoms with Gasteiger partial charge < -0.3 is 19.9 Å². The molecule has 0 saturated carbocycles. The van der Waals surface area contributed by atoms with Crippen LogP contribution in [0.2, 0.25) is 0 Å². The molecule has 2 heterocycles. The number of carbonyl (C=O) groups is 1. The van der Waals surface area contributed by atoms with Crippen LogP contribution in [0.15, 0.2) is 54.7 Å². The highest BCUT2D eigenvalue weighted by atomic mass is 16.5. The van der Waals surface area contributed by atoms with Crippen LogP contribution in [-0.2, 0) is 19.4 Å². The Balaban J connectivity index is 1.33. The normalized spacial score (nSPS) is 12.5. The minimum absolute atomic E-state index is 0.204. The summed E-state index contributed by atoms with van der Waals surface area (Å²) in [6.07, 6.45) is 4.86. The first-order chi connectivity index (χ1) is 13.7. The minimum Gasteiger partial charge on any atom is -0.497 e. The molecule has 0 atom stereocenters. The van der Waals surface area contributed by atoms with Gasteiger partial charge in [-0.25, -0.2) is 9.78 Å². The second-order valence-corrected chi connectivity index (χ2v) is 6.87. The Morgan fingerprint density at radius 3 is 2.89 bits per heavy atom. The highest BCUT2D eigenvalue weighted by Gasteiger charge is 2.16. The van der Waals surface area contributed by atoms with Crippen LogP contribution in [0, 0.1) is 0 Å². The lowest BCUT2D eigenvalue weighted by Gasteiger charge is -2.10. The second-order valence-electron chi connectivity index (χ2n) is 6.87. The van der Waals surface area contributed by atoms with E-state index in [1.807, 2.05) is 48.7 Å². The van der Waals surface area contributed by atoms with E-state index in [1.54, 1.807) is 7.11 Å². The molecule has 6 heteroatoms. The molecule has 0 aliphatic carbocycles. The topological polar surface area (TPSA) is 68.2 Å². The summed E-state index contributed by atoms with van der Waals surface area (Å²) in [5.41, 5.74) is 4.10. The van der Waals surface area contributed by atoms with Crippen molar-refractivity contribution in [2.24, 2.45) is 0 Å². The zero-order valence-corrected chi connectivity index (χ0v) is 15.9. The van der Waals surface area contributed by atoms with Gasteiger partial charge >= 0.3 is 6.03 Å². The summed E-state index contributed by atoms with van der Waals surface area (Å²) in [6.45, 7) is 1.57. The molecule has 0 unspecified atom stereocenters. The van der Waals surface area contributed by atoms with Crippen LogP contribution >= 0.6 is 0 Å². The standard InChI is InChI=1S/C22H24N4O2/c1-28-19-9-7-16(8-10-19)11-12-23-22(27)25-18-5-2-4-17(14-18)20-15-24-21-6-3-13-26(20)21/h2,4-5,7-10,14-15H,3,6,11-13H2,1H3,(H2,23,25,27). The quantitative estimate of drug-likeness (QED) is 0.686. The largest absolute Gasteiger partial charge is 0.497 e. The summed E-state index contributed by atoms with van der Waals surface area (Å²) in [4.78, 5) is 16.7. The van der Waals surface area contributed by atoms with Crippen molar-refractivity contribution in [3.63, 3.8) is 0 Å². The Labute approximate surface area is 164 Å². The number of imidazole rings is 1. The number of rotatable bonds is 6. The van der Waals surface area contributed by atoms with Crippen molar-refractivity contribution in [1.82, 2.24) is 14.9 Å². The zero-order chi connectivity index (χ0) is 19.3. The molecule has 1 aliphatic heterocycles. The highest BCUT2D eigenvalue weighted by Crippen LogP contribution is 2.27. The van der Waals surface area contributed by atoms with Crippen molar-refractivity contribution in [2.45, 2.75) is 25.8 Å². The Hall–Kier alpha value is -3.28. The fraction of sp³-hybridized carbons (Fsp3) is 0.273. The molecule has 1 aromatic heterocycles. The summed E-state index contributed by atoms with van der Waals surface area (Å²) in [6, 6.07) is 15.6. The maximum atomic E-state index is 12.2. The van der Waals surface area contributed by atoms with Crippen molar-refractivity contribution in [3.8, 4) is 17.0 Å². The third-order valence-corrected chi connectivity index (χ3v) is 4.99. The third kappa shape index (κ3) is 4.01. The molecule has 6 nitrogen and oxygen atoms in total. The SMILES string of the molecule is COc1ccc(CCNC(=O)Nc2cccc(-c3cnc4n3CCC4)c2)cc1. The number of methoxy groups -OCH3 is 1. The predicted octanol–water partition coefficient (Wildman–Crippen LogP) is 3.87. The van der Waals surface area contributed by atoms with E-state index in [0.717, 1.165) is 59.9 Å². The molecular formula is C22H24N4O2. The summed E-state index contributed by atoms with van der Waals surface area (Å²) >= 11 is 0. The van der Waals surface area contributed by atoms with Gasteiger partial charge in [0.15, 0.2) is 0 Å². The fourth-order valence-corrected chi connectivity index (χ4v) is 3.53. The molecule has 4 rings (SSSR count). The van der Waals surface area contributed by atoms with E-state index < -0.39 is 0 Å². The van der Waals surface area contributed by atoms with Crippen LogP contribution in [0.1, 0.15) is 17.8 Å². The molecular weight excluding hydrogens is 352 g/mol. The lowest BCUT2D eigenvalue weighted by molar-refractivity contribution is 0.252. The number of aromatic nitrogens is 2. The number of amides is 2. The Morgan fingerprint density at radius 1 is 1.21 bits per heavy atom. The Bertz CT molecular complexity index is 963. The number of benzene rings is 2. The molecule has 144 valence electrons. The molecule has 28 heavy (non-hydrogen) atoms. The van der Waals surface area contributed by atoms with Gasteiger partial charge in [0, 0.05) is 30.8 Å². The lowest BCUT2D eigenvalue weighted by Crippen LogP contribution is -2.30. The summed E-state index contributed by atoms with van der Waals surface area (Å²) in [7, 11) is 1.65. The van der Waals surface area contributed by atoms with Crippen molar-refractivity contribution in [3.05, 3.63) is 66.1 Å². The number of nitrogens with zero attached hydrogens (tertiary/aromatic N) is 2. The zero-order valence-electron chi connectivity index (χ0n) is 15.9. The molecule has 2 N–H and O–H groups in total. The maximum Gasteiger partial charge on any atom is 0.319 e. The van der Waals surface area contributed by atoms with Crippen LogP contribution in [0.4, 0.5) is 10.5 Å². The molecule has 2 aromatic carbocycles. The number of ether oxygens (including phenoxy) is 1. The van der Waals surface area contributed by atoms with Gasteiger partial charge in [0.05, 0.1) is 19.0 Å². The van der Waals surface area contributed by atoms with Crippen molar-refractivity contribution < 1.29 is 9.53 Å². The van der Waals surface area contributed by atoms with Gasteiger partial charge in [0.25, 0.3) is 0 Å². The summed E-state index contributed by atoms with van der Waals surface area (Å²) in [5, 5.41) is 5.82. The molecule has 0 fully saturated rings. The maximum absolute atomic E-state index is 12.2. The Kier molecular flexibility index (Phi) is 5.28. The molecule has 2 amide bonds. The molecule has 0 bridgehead atoms. The molecule has 0 spiro atoms. The van der Waals surface area contributed by atoms with Gasteiger partial charge in [0.2, 0.25) is 0 Å². The van der Waals surface area contributed by atoms with Gasteiger partial charge in [-0.05, 0) is 42.7 Å². The highest BCUT2D eigenvalue weighted by molar-refractivity contribution is 5.90. The van der Waals surface area contributed by atoms with Crippen LogP contribution in [0.5, 0.6) is 5.75 Å². The van der Waals surface area contributed by atoms with Gasteiger partial charge in [0.1, 0.15) is 11.6 Å². The Morgan fingerprint density at radius 2 is 2.07 bits per heavy atom. The number of aryl methyl sites for hydroxylation is 1. The number of fused-ring (bicyclic) bond motifs is 1.